The van der Waals surface area contributed by atoms with Crippen molar-refractivity contribution in [1.82, 2.24) is 0 Å². The van der Waals surface area contributed by atoms with Gasteiger partial charge in [0.05, 0.1) is 6.54 Å². The van der Waals surface area contributed by atoms with E-state index in [0.29, 0.717) is 18.0 Å². The summed E-state index contributed by atoms with van der Waals surface area (Å²) in [6.07, 6.45) is 1.68. The number of ether oxygens (including phenoxy) is 1. The molecule has 0 aliphatic carbocycles. The molecule has 0 bridgehead atoms. The van der Waals surface area contributed by atoms with Gasteiger partial charge in [-0.05, 0) is 31.2 Å². The highest BCUT2D eigenvalue weighted by molar-refractivity contribution is 5.93. The van der Waals surface area contributed by atoms with E-state index in [9.17, 15) is 4.79 Å². The van der Waals surface area contributed by atoms with Gasteiger partial charge in [-0.25, -0.2) is 0 Å². The quantitative estimate of drug-likeness (QED) is 0.767. The van der Waals surface area contributed by atoms with Gasteiger partial charge in [0.1, 0.15) is 12.4 Å². The standard InChI is InChI=1S/C18H20N2O2/c1-3-11-22-17-6-4-5-16(12-17)20-18(21)13-19-15-9-7-14(2)8-10-15/h3-10,12,19H,1,11,13H2,2H3,(H,20,21). The first-order chi connectivity index (χ1) is 10.7. The molecule has 2 rings (SSSR count). The van der Waals surface area contributed by atoms with Crippen LogP contribution in [0.4, 0.5) is 11.4 Å². The number of anilines is 2. The summed E-state index contributed by atoms with van der Waals surface area (Å²) in [6.45, 7) is 6.27. The molecule has 0 heterocycles. The molecule has 0 spiro atoms. The number of nitrogens with one attached hydrogen (secondary N) is 2. The van der Waals surface area contributed by atoms with Crippen molar-refractivity contribution in [3.63, 3.8) is 0 Å². The lowest BCUT2D eigenvalue weighted by Crippen LogP contribution is -2.21. The molecular formula is C18H20N2O2. The van der Waals surface area contributed by atoms with Gasteiger partial charge in [-0.3, -0.25) is 4.79 Å². The second kappa shape index (κ2) is 7.88. The smallest absolute Gasteiger partial charge is 0.243 e. The van der Waals surface area contributed by atoms with Crippen molar-refractivity contribution in [1.29, 1.82) is 0 Å². The Balaban J connectivity index is 1.86. The fraction of sp³-hybridized carbons (Fsp3) is 0.167. The predicted molar refractivity (Wildman–Crippen MR) is 90.4 cm³/mol. The largest absolute Gasteiger partial charge is 0.489 e. The fourth-order valence-electron chi connectivity index (χ4n) is 1.88. The van der Waals surface area contributed by atoms with E-state index in [1.165, 1.54) is 5.56 Å². The van der Waals surface area contributed by atoms with E-state index in [-0.39, 0.29) is 12.5 Å². The monoisotopic (exact) mass is 296 g/mol. The molecule has 1 amide bonds. The molecule has 2 aromatic carbocycles. The lowest BCUT2D eigenvalue weighted by Gasteiger charge is -2.09. The van der Waals surface area contributed by atoms with Crippen LogP contribution in [0.2, 0.25) is 0 Å². The number of carbonyl (C=O) groups excluding carboxylic acids is 1. The van der Waals surface area contributed by atoms with E-state index in [0.717, 1.165) is 5.69 Å². The Morgan fingerprint density at radius 3 is 2.68 bits per heavy atom. The number of hydrogen-bond donors (Lipinski definition) is 2. The van der Waals surface area contributed by atoms with Gasteiger partial charge in [-0.1, -0.05) is 36.4 Å². The lowest BCUT2D eigenvalue weighted by atomic mass is 10.2. The van der Waals surface area contributed by atoms with Gasteiger partial charge in [0.25, 0.3) is 0 Å². The molecule has 4 heteroatoms. The fourth-order valence-corrected chi connectivity index (χ4v) is 1.88. The molecule has 0 unspecified atom stereocenters. The van der Waals surface area contributed by atoms with Gasteiger partial charge < -0.3 is 15.4 Å². The second-order valence-electron chi connectivity index (χ2n) is 4.90. The van der Waals surface area contributed by atoms with Crippen LogP contribution in [0.1, 0.15) is 5.56 Å². The van der Waals surface area contributed by atoms with E-state index >= 15 is 0 Å². The van der Waals surface area contributed by atoms with E-state index in [2.05, 4.69) is 17.2 Å². The van der Waals surface area contributed by atoms with Crippen LogP contribution in [0.5, 0.6) is 5.75 Å². The third-order valence-electron chi connectivity index (χ3n) is 2.99. The SMILES string of the molecule is C=CCOc1cccc(NC(=O)CNc2ccc(C)cc2)c1. The molecule has 0 aliphatic rings. The zero-order valence-corrected chi connectivity index (χ0v) is 12.6. The minimum Gasteiger partial charge on any atom is -0.489 e. The van der Waals surface area contributed by atoms with Crippen molar-refractivity contribution >= 4 is 17.3 Å². The van der Waals surface area contributed by atoms with Gasteiger partial charge in [0, 0.05) is 17.4 Å². The van der Waals surface area contributed by atoms with Crippen LogP contribution >= 0.6 is 0 Å². The second-order valence-corrected chi connectivity index (χ2v) is 4.90. The summed E-state index contributed by atoms with van der Waals surface area (Å²) in [5.41, 5.74) is 2.81. The first kappa shape index (κ1) is 15.6. The molecule has 0 radical (unpaired) electrons. The van der Waals surface area contributed by atoms with Gasteiger partial charge in [0.2, 0.25) is 5.91 Å². The van der Waals surface area contributed by atoms with Crippen LogP contribution in [0.25, 0.3) is 0 Å². The maximum Gasteiger partial charge on any atom is 0.243 e. The number of aryl methyl sites for hydroxylation is 1. The summed E-state index contributed by atoms with van der Waals surface area (Å²) in [5, 5.41) is 5.92. The van der Waals surface area contributed by atoms with Crippen LogP contribution in [0.15, 0.2) is 61.2 Å². The molecule has 0 saturated heterocycles. The lowest BCUT2D eigenvalue weighted by molar-refractivity contribution is -0.114. The predicted octanol–water partition coefficient (Wildman–Crippen LogP) is 3.61. The van der Waals surface area contributed by atoms with Gasteiger partial charge in [-0.2, -0.15) is 0 Å². The first-order valence-corrected chi connectivity index (χ1v) is 7.11. The third-order valence-corrected chi connectivity index (χ3v) is 2.99. The molecular weight excluding hydrogens is 276 g/mol. The molecule has 0 fully saturated rings. The Bertz CT molecular complexity index is 636. The Labute approximate surface area is 130 Å². The molecule has 2 aromatic rings. The summed E-state index contributed by atoms with van der Waals surface area (Å²) in [6, 6.07) is 15.2. The van der Waals surface area contributed by atoms with Crippen LogP contribution < -0.4 is 15.4 Å². The molecule has 4 nitrogen and oxygen atoms in total. The molecule has 0 atom stereocenters. The van der Waals surface area contributed by atoms with E-state index < -0.39 is 0 Å². The normalized spacial score (nSPS) is 9.86. The van der Waals surface area contributed by atoms with Crippen LogP contribution in [0, 0.1) is 6.92 Å². The number of benzene rings is 2. The Hall–Kier alpha value is -2.75. The van der Waals surface area contributed by atoms with Crippen LogP contribution in [-0.2, 0) is 4.79 Å². The average Bonchev–Trinajstić information content (AvgIpc) is 2.53. The highest BCUT2D eigenvalue weighted by Gasteiger charge is 2.03. The topological polar surface area (TPSA) is 50.4 Å². The Kier molecular flexibility index (Phi) is 5.60. The summed E-state index contributed by atoms with van der Waals surface area (Å²) in [7, 11) is 0. The third kappa shape index (κ3) is 4.98. The summed E-state index contributed by atoms with van der Waals surface area (Å²) >= 11 is 0. The van der Waals surface area contributed by atoms with Crippen molar-refractivity contribution in [2.45, 2.75) is 6.92 Å². The molecule has 22 heavy (non-hydrogen) atoms. The van der Waals surface area contributed by atoms with Crippen molar-refractivity contribution in [2.24, 2.45) is 0 Å². The van der Waals surface area contributed by atoms with Gasteiger partial charge >= 0.3 is 0 Å². The Morgan fingerprint density at radius 1 is 1.18 bits per heavy atom. The van der Waals surface area contributed by atoms with E-state index in [1.54, 1.807) is 12.1 Å². The van der Waals surface area contributed by atoms with Gasteiger partial charge in [-0.15, -0.1) is 0 Å². The number of rotatable bonds is 7. The summed E-state index contributed by atoms with van der Waals surface area (Å²) in [4.78, 5) is 11.9. The number of carbonyl (C=O) groups is 1. The van der Waals surface area contributed by atoms with E-state index in [1.807, 2.05) is 49.4 Å². The average molecular weight is 296 g/mol. The zero-order valence-electron chi connectivity index (χ0n) is 12.6. The maximum atomic E-state index is 11.9. The van der Waals surface area contributed by atoms with E-state index in [4.69, 9.17) is 4.74 Å². The van der Waals surface area contributed by atoms with Crippen molar-refractivity contribution in [3.8, 4) is 5.75 Å². The summed E-state index contributed by atoms with van der Waals surface area (Å²) < 4.78 is 5.43. The molecule has 0 aliphatic heterocycles. The summed E-state index contributed by atoms with van der Waals surface area (Å²) in [5.74, 6) is 0.589. The molecule has 0 saturated carbocycles. The van der Waals surface area contributed by atoms with Crippen LogP contribution in [-0.4, -0.2) is 19.1 Å². The highest BCUT2D eigenvalue weighted by atomic mass is 16.5. The van der Waals surface area contributed by atoms with Crippen molar-refractivity contribution in [3.05, 3.63) is 66.7 Å². The van der Waals surface area contributed by atoms with Gasteiger partial charge in [0.15, 0.2) is 0 Å². The minimum absolute atomic E-state index is 0.110. The highest BCUT2D eigenvalue weighted by Crippen LogP contribution is 2.17. The molecule has 2 N–H and O–H groups in total. The number of amides is 1. The Morgan fingerprint density at radius 2 is 1.95 bits per heavy atom. The molecule has 114 valence electrons. The first-order valence-electron chi connectivity index (χ1n) is 7.11. The minimum atomic E-state index is -0.110. The maximum absolute atomic E-state index is 11.9. The number of hydrogen-bond acceptors (Lipinski definition) is 3. The van der Waals surface area contributed by atoms with Crippen LogP contribution in [0.3, 0.4) is 0 Å². The molecule has 0 aromatic heterocycles. The zero-order chi connectivity index (χ0) is 15.8. The van der Waals surface area contributed by atoms with Crippen molar-refractivity contribution in [2.75, 3.05) is 23.8 Å². The van der Waals surface area contributed by atoms with Crippen molar-refractivity contribution < 1.29 is 9.53 Å².